The summed E-state index contributed by atoms with van der Waals surface area (Å²) in [4.78, 5) is 19.5. The molecule has 0 saturated heterocycles. The average molecular weight is 318 g/mol. The van der Waals surface area contributed by atoms with Gasteiger partial charge in [0.15, 0.2) is 0 Å². The van der Waals surface area contributed by atoms with Gasteiger partial charge in [0.05, 0.1) is 12.1 Å². The van der Waals surface area contributed by atoms with Crippen molar-refractivity contribution in [2.45, 2.75) is 38.8 Å². The Hall–Kier alpha value is -1.65. The maximum Gasteiger partial charge on any atom is 0.243 e. The molecule has 3 aliphatic rings. The van der Waals surface area contributed by atoms with Crippen LogP contribution in [0.1, 0.15) is 26.7 Å². The number of hydrogen-bond donors (Lipinski definition) is 1. The zero-order valence-electron chi connectivity index (χ0n) is 12.8. The van der Waals surface area contributed by atoms with Crippen LogP contribution in [0.15, 0.2) is 51.7 Å². The van der Waals surface area contributed by atoms with Crippen LogP contribution in [-0.4, -0.2) is 28.7 Å². The van der Waals surface area contributed by atoms with Crippen molar-refractivity contribution < 1.29 is 4.79 Å². The molecular weight excluding hydrogens is 298 g/mol. The third-order valence-corrected chi connectivity index (χ3v) is 4.52. The lowest BCUT2D eigenvalue weighted by Gasteiger charge is -2.39. The summed E-state index contributed by atoms with van der Waals surface area (Å²) in [5.74, 6) is 0.170. The fourth-order valence-electron chi connectivity index (χ4n) is 3.11. The van der Waals surface area contributed by atoms with Crippen LogP contribution in [0.5, 0.6) is 0 Å². The molecule has 1 heterocycles. The molecule has 0 aromatic rings. The first kappa shape index (κ1) is 15.3. The van der Waals surface area contributed by atoms with Crippen molar-refractivity contribution >= 4 is 23.3 Å². The maximum absolute atomic E-state index is 13.1. The summed E-state index contributed by atoms with van der Waals surface area (Å²) in [5.41, 5.74) is 8.19. The van der Waals surface area contributed by atoms with E-state index in [0.29, 0.717) is 10.9 Å². The molecule has 2 N–H and O–H groups in total. The van der Waals surface area contributed by atoms with Crippen LogP contribution in [-0.2, 0) is 4.79 Å². The maximum atomic E-state index is 13.1. The SMILES string of the molecule is CC1=CCCC(N2C(=O)C3C(Cl)=CC=CC3N=C2[C@H](C)N)=C1. The fraction of sp³-hybridized carbons (Fsp3) is 0.412. The van der Waals surface area contributed by atoms with Gasteiger partial charge in [-0.15, -0.1) is 0 Å². The van der Waals surface area contributed by atoms with Crippen molar-refractivity contribution in [3.8, 4) is 0 Å². The van der Waals surface area contributed by atoms with Gasteiger partial charge in [-0.2, -0.15) is 0 Å². The molecule has 3 rings (SSSR count). The summed E-state index contributed by atoms with van der Waals surface area (Å²) in [5, 5.41) is 0.540. The molecule has 5 heteroatoms. The van der Waals surface area contributed by atoms with Crippen molar-refractivity contribution in [3.63, 3.8) is 0 Å². The van der Waals surface area contributed by atoms with E-state index < -0.39 is 5.92 Å². The number of hydrogen-bond acceptors (Lipinski definition) is 3. The Kier molecular flexibility index (Phi) is 4.06. The highest BCUT2D eigenvalue weighted by atomic mass is 35.5. The van der Waals surface area contributed by atoms with Crippen LogP contribution in [0.4, 0.5) is 0 Å². The number of nitrogens with zero attached hydrogens (tertiary/aromatic N) is 2. The number of halogens is 1. The number of fused-ring (bicyclic) bond motifs is 1. The van der Waals surface area contributed by atoms with E-state index in [-0.39, 0.29) is 18.0 Å². The third-order valence-electron chi connectivity index (χ3n) is 4.15. The summed E-state index contributed by atoms with van der Waals surface area (Å²) in [6, 6.07) is -0.557. The third kappa shape index (κ3) is 2.57. The summed E-state index contributed by atoms with van der Waals surface area (Å²) in [6.07, 6.45) is 11.5. The summed E-state index contributed by atoms with van der Waals surface area (Å²) in [7, 11) is 0. The lowest BCUT2D eigenvalue weighted by Crippen LogP contribution is -2.53. The number of carbonyl (C=O) groups is 1. The van der Waals surface area contributed by atoms with E-state index >= 15 is 0 Å². The zero-order valence-corrected chi connectivity index (χ0v) is 13.5. The minimum absolute atomic E-state index is 0.0288. The van der Waals surface area contributed by atoms with Gasteiger partial charge in [-0.1, -0.05) is 35.4 Å². The van der Waals surface area contributed by atoms with E-state index in [2.05, 4.69) is 6.08 Å². The Bertz CT molecular complexity index is 655. The van der Waals surface area contributed by atoms with Crippen molar-refractivity contribution in [3.05, 3.63) is 46.7 Å². The van der Waals surface area contributed by atoms with Gasteiger partial charge in [-0.3, -0.25) is 14.7 Å². The quantitative estimate of drug-likeness (QED) is 0.851. The van der Waals surface area contributed by atoms with E-state index in [9.17, 15) is 4.79 Å². The first-order chi connectivity index (χ1) is 10.5. The summed E-state index contributed by atoms with van der Waals surface area (Å²) < 4.78 is 0. The first-order valence-electron chi connectivity index (χ1n) is 7.57. The Labute approximate surface area is 135 Å². The number of nitrogens with two attached hydrogens (primary N) is 1. The van der Waals surface area contributed by atoms with E-state index in [1.54, 1.807) is 11.0 Å². The molecule has 1 aliphatic heterocycles. The fourth-order valence-corrected chi connectivity index (χ4v) is 3.41. The lowest BCUT2D eigenvalue weighted by molar-refractivity contribution is -0.130. The minimum atomic E-state index is -0.429. The highest BCUT2D eigenvalue weighted by molar-refractivity contribution is 6.32. The van der Waals surface area contributed by atoms with Crippen molar-refractivity contribution in [1.29, 1.82) is 0 Å². The first-order valence-corrected chi connectivity index (χ1v) is 7.95. The standard InChI is InChI=1S/C17H20ClN3O/c1-10-5-3-6-12(9-10)21-16(11(2)19)20-14-8-4-7-13(18)15(14)17(21)22/h4-5,7-9,11,14-15H,3,6,19H2,1-2H3/t11-,14?,15?/m0/s1. The molecule has 0 aromatic carbocycles. The average Bonchev–Trinajstić information content (AvgIpc) is 2.46. The van der Waals surface area contributed by atoms with Gasteiger partial charge in [-0.05, 0) is 38.8 Å². The van der Waals surface area contributed by atoms with Crippen LogP contribution < -0.4 is 5.73 Å². The number of amidine groups is 1. The molecule has 116 valence electrons. The molecule has 4 nitrogen and oxygen atoms in total. The minimum Gasteiger partial charge on any atom is -0.322 e. The molecular formula is C17H20ClN3O. The summed E-state index contributed by atoms with van der Waals surface area (Å²) in [6.45, 7) is 3.89. The Morgan fingerprint density at radius 1 is 1.50 bits per heavy atom. The van der Waals surface area contributed by atoms with Crippen LogP contribution in [0.2, 0.25) is 0 Å². The molecule has 0 spiro atoms. The highest BCUT2D eigenvalue weighted by Gasteiger charge is 2.42. The molecule has 0 aromatic heterocycles. The normalized spacial score (nSPS) is 29.3. The van der Waals surface area contributed by atoms with Gasteiger partial charge in [-0.25, -0.2) is 0 Å². The predicted molar refractivity (Wildman–Crippen MR) is 89.4 cm³/mol. The van der Waals surface area contributed by atoms with Gasteiger partial charge in [0.2, 0.25) is 5.91 Å². The molecule has 0 saturated carbocycles. The van der Waals surface area contributed by atoms with Crippen molar-refractivity contribution in [2.24, 2.45) is 16.6 Å². The van der Waals surface area contributed by atoms with Crippen molar-refractivity contribution in [2.75, 3.05) is 0 Å². The molecule has 2 unspecified atom stereocenters. The van der Waals surface area contributed by atoms with Gasteiger partial charge >= 0.3 is 0 Å². The molecule has 0 fully saturated rings. The van der Waals surface area contributed by atoms with Gasteiger partial charge in [0, 0.05) is 10.7 Å². The number of amides is 1. The molecule has 1 amide bonds. The monoisotopic (exact) mass is 317 g/mol. The molecule has 2 aliphatic carbocycles. The van der Waals surface area contributed by atoms with Crippen LogP contribution in [0, 0.1) is 5.92 Å². The second-order valence-electron chi connectivity index (χ2n) is 5.98. The van der Waals surface area contributed by atoms with Gasteiger partial charge in [0.25, 0.3) is 0 Å². The molecule has 0 radical (unpaired) electrons. The van der Waals surface area contributed by atoms with Crippen LogP contribution in [0.3, 0.4) is 0 Å². The van der Waals surface area contributed by atoms with Crippen LogP contribution in [0.25, 0.3) is 0 Å². The second kappa shape index (κ2) is 5.86. The van der Waals surface area contributed by atoms with E-state index in [1.807, 2.05) is 32.1 Å². The zero-order chi connectivity index (χ0) is 15.9. The topological polar surface area (TPSA) is 58.7 Å². The summed E-state index contributed by atoms with van der Waals surface area (Å²) >= 11 is 6.28. The van der Waals surface area contributed by atoms with E-state index in [4.69, 9.17) is 22.3 Å². The lowest BCUT2D eigenvalue weighted by atomic mass is 9.90. The van der Waals surface area contributed by atoms with Gasteiger partial charge < -0.3 is 5.73 Å². The van der Waals surface area contributed by atoms with E-state index in [1.165, 1.54) is 0 Å². The number of carbonyl (C=O) groups excluding carboxylic acids is 1. The van der Waals surface area contributed by atoms with Crippen LogP contribution >= 0.6 is 11.6 Å². The Morgan fingerprint density at radius 3 is 2.95 bits per heavy atom. The van der Waals surface area contributed by atoms with E-state index in [0.717, 1.165) is 24.1 Å². The number of aliphatic imine (C=N–C) groups is 1. The molecule has 3 atom stereocenters. The van der Waals surface area contributed by atoms with Gasteiger partial charge in [0.1, 0.15) is 11.8 Å². The Morgan fingerprint density at radius 2 is 2.27 bits per heavy atom. The molecule has 0 bridgehead atoms. The Balaban J connectivity index is 2.07. The highest BCUT2D eigenvalue weighted by Crippen LogP contribution is 2.35. The number of rotatable bonds is 2. The van der Waals surface area contributed by atoms with Crippen molar-refractivity contribution in [1.82, 2.24) is 4.90 Å². The predicted octanol–water partition coefficient (Wildman–Crippen LogP) is 2.88. The molecule has 22 heavy (non-hydrogen) atoms. The number of allylic oxidation sites excluding steroid dienone is 6. The largest absolute Gasteiger partial charge is 0.322 e. The second-order valence-corrected chi connectivity index (χ2v) is 6.41. The smallest absolute Gasteiger partial charge is 0.243 e.